The molecule has 0 spiro atoms. The predicted molar refractivity (Wildman–Crippen MR) is 352 cm³/mol. The van der Waals surface area contributed by atoms with Gasteiger partial charge in [-0.1, -0.05) is 289 Å². The van der Waals surface area contributed by atoms with Crippen molar-refractivity contribution >= 4 is 17.9 Å². The van der Waals surface area contributed by atoms with Crippen molar-refractivity contribution in [3.05, 3.63) is 146 Å². The van der Waals surface area contributed by atoms with Crippen LogP contribution >= 0.6 is 0 Å². The Hall–Kier alpha value is -4.71. The number of carbonyl (C=O) groups excluding carboxylic acids is 3. The Morgan fingerprint density at radius 3 is 0.840 bits per heavy atom. The zero-order chi connectivity index (χ0) is 58.5. The first kappa shape index (κ1) is 76.3. The summed E-state index contributed by atoms with van der Waals surface area (Å²) >= 11 is 0. The van der Waals surface area contributed by atoms with Gasteiger partial charge in [0.15, 0.2) is 6.10 Å². The molecule has 0 aliphatic heterocycles. The Morgan fingerprint density at radius 2 is 0.506 bits per heavy atom. The number of unbranched alkanes of at least 4 members (excludes halogenated alkanes) is 24. The van der Waals surface area contributed by atoms with Crippen molar-refractivity contribution in [2.45, 2.75) is 297 Å². The van der Waals surface area contributed by atoms with Gasteiger partial charge in [-0.25, -0.2) is 0 Å². The van der Waals surface area contributed by atoms with E-state index in [2.05, 4.69) is 161 Å². The molecule has 0 aromatic rings. The molecule has 6 nitrogen and oxygen atoms in total. The van der Waals surface area contributed by atoms with Crippen molar-refractivity contribution in [2.24, 2.45) is 0 Å². The third-order valence-corrected chi connectivity index (χ3v) is 13.8. The lowest BCUT2D eigenvalue weighted by Gasteiger charge is -2.18. The second-order valence-corrected chi connectivity index (χ2v) is 21.6. The van der Waals surface area contributed by atoms with Crippen LogP contribution in [0.25, 0.3) is 0 Å². The van der Waals surface area contributed by atoms with E-state index in [0.29, 0.717) is 19.3 Å². The van der Waals surface area contributed by atoms with Gasteiger partial charge in [-0.15, -0.1) is 0 Å². The van der Waals surface area contributed by atoms with Crippen LogP contribution in [0.4, 0.5) is 0 Å². The summed E-state index contributed by atoms with van der Waals surface area (Å²) in [5, 5.41) is 0. The van der Waals surface area contributed by atoms with Crippen LogP contribution in [0.15, 0.2) is 146 Å². The van der Waals surface area contributed by atoms with E-state index in [9.17, 15) is 14.4 Å². The summed E-state index contributed by atoms with van der Waals surface area (Å²) in [6, 6.07) is 0. The number of ether oxygens (including phenoxy) is 3. The van der Waals surface area contributed by atoms with E-state index in [1.54, 1.807) is 0 Å². The molecule has 0 aliphatic carbocycles. The number of esters is 3. The molecule has 0 amide bonds. The molecular weight excluding hydrogens is 997 g/mol. The Labute approximate surface area is 499 Å². The summed E-state index contributed by atoms with van der Waals surface area (Å²) in [5.74, 6) is -1.01. The van der Waals surface area contributed by atoms with Crippen molar-refractivity contribution in [1.82, 2.24) is 0 Å². The van der Waals surface area contributed by atoms with Gasteiger partial charge in [0, 0.05) is 19.3 Å². The number of allylic oxidation sites excluding steroid dienone is 24. The van der Waals surface area contributed by atoms with Crippen LogP contribution in [0.3, 0.4) is 0 Å². The highest BCUT2D eigenvalue weighted by Crippen LogP contribution is 2.15. The lowest BCUT2D eigenvalue weighted by molar-refractivity contribution is -0.166. The predicted octanol–water partition coefficient (Wildman–Crippen LogP) is 23.1. The van der Waals surface area contributed by atoms with Crippen LogP contribution in [0.1, 0.15) is 290 Å². The number of carbonyl (C=O) groups is 3. The topological polar surface area (TPSA) is 78.9 Å². The third-order valence-electron chi connectivity index (χ3n) is 13.8. The summed E-state index contributed by atoms with van der Waals surface area (Å²) in [6.07, 6.45) is 97.2. The van der Waals surface area contributed by atoms with Crippen molar-refractivity contribution in [3.63, 3.8) is 0 Å². The van der Waals surface area contributed by atoms with Crippen molar-refractivity contribution < 1.29 is 28.6 Å². The number of hydrogen-bond acceptors (Lipinski definition) is 6. The van der Waals surface area contributed by atoms with Gasteiger partial charge >= 0.3 is 17.9 Å². The van der Waals surface area contributed by atoms with Crippen molar-refractivity contribution in [3.8, 4) is 0 Å². The summed E-state index contributed by atoms with van der Waals surface area (Å²) in [5.41, 5.74) is 0. The van der Waals surface area contributed by atoms with Gasteiger partial charge in [0.05, 0.1) is 0 Å². The minimum atomic E-state index is -0.823. The van der Waals surface area contributed by atoms with Gasteiger partial charge in [-0.2, -0.15) is 0 Å². The van der Waals surface area contributed by atoms with E-state index < -0.39 is 6.10 Å². The zero-order valence-electron chi connectivity index (χ0n) is 52.5. The molecule has 0 radical (unpaired) electrons. The molecule has 0 heterocycles. The van der Waals surface area contributed by atoms with Gasteiger partial charge in [0.25, 0.3) is 0 Å². The summed E-state index contributed by atoms with van der Waals surface area (Å²) in [4.78, 5) is 38.4. The Kier molecular flexibility index (Phi) is 63.9. The zero-order valence-corrected chi connectivity index (χ0v) is 52.5. The second-order valence-electron chi connectivity index (χ2n) is 21.6. The Bertz CT molecular complexity index is 1760. The average molecular weight is 1120 g/mol. The standard InChI is InChI=1S/C75H122O6/c1-4-7-10-13-16-19-22-25-28-31-34-36-37-39-41-44-47-50-53-56-59-62-65-68-74(77)80-71-72(70-79-73(76)67-64-61-58-55-52-49-46-43-40-33-30-27-24-21-18-15-12-9-6-3)81-75(78)69-66-63-60-57-54-51-48-45-42-38-35-32-29-26-23-20-17-14-11-8-5-2/h7,9-10,12,16,18-19,21,25,27-28,30,32,34-36,39-41,43,49,52,58,61,72H,4-6,8,11,13-15,17,20,22-24,26,29,31,33,37-38,42,44-48,50-51,53-57,59-60,62-71H2,1-3H3/b10-7-,12-9-,19-16-,21-18-,28-25-,30-27-,35-32-,36-34-,41-39-,43-40-,52-49-,61-58-. The number of rotatable bonds is 59. The van der Waals surface area contributed by atoms with Crippen LogP contribution < -0.4 is 0 Å². The highest BCUT2D eigenvalue weighted by Gasteiger charge is 2.19. The molecule has 0 rings (SSSR count). The highest BCUT2D eigenvalue weighted by atomic mass is 16.6. The van der Waals surface area contributed by atoms with Gasteiger partial charge in [0.1, 0.15) is 13.2 Å². The fraction of sp³-hybridized carbons (Fsp3) is 0.640. The van der Waals surface area contributed by atoms with Crippen LogP contribution in [0.5, 0.6) is 0 Å². The molecular formula is C75H122O6. The molecule has 0 aromatic carbocycles. The molecule has 0 aromatic heterocycles. The Balaban J connectivity index is 4.51. The maximum absolute atomic E-state index is 12.9. The maximum atomic E-state index is 12.9. The van der Waals surface area contributed by atoms with Crippen LogP contribution in [0, 0.1) is 0 Å². The molecule has 0 saturated heterocycles. The summed E-state index contributed by atoms with van der Waals surface area (Å²) in [7, 11) is 0. The van der Waals surface area contributed by atoms with E-state index in [1.807, 2.05) is 6.08 Å². The number of hydrogen-bond donors (Lipinski definition) is 0. The molecule has 0 aliphatic rings. The second kappa shape index (κ2) is 67.8. The Morgan fingerprint density at radius 1 is 0.259 bits per heavy atom. The molecule has 0 fully saturated rings. The van der Waals surface area contributed by atoms with Gasteiger partial charge in [-0.3, -0.25) is 14.4 Å². The maximum Gasteiger partial charge on any atom is 0.306 e. The molecule has 81 heavy (non-hydrogen) atoms. The van der Waals surface area contributed by atoms with E-state index in [1.165, 1.54) is 128 Å². The fourth-order valence-electron chi connectivity index (χ4n) is 8.90. The van der Waals surface area contributed by atoms with E-state index >= 15 is 0 Å². The normalized spacial score (nSPS) is 13.1. The fourth-order valence-corrected chi connectivity index (χ4v) is 8.90. The quantitative estimate of drug-likeness (QED) is 0.0261. The largest absolute Gasteiger partial charge is 0.462 e. The first-order valence-corrected chi connectivity index (χ1v) is 33.3. The van der Waals surface area contributed by atoms with Gasteiger partial charge in [0.2, 0.25) is 0 Å². The lowest BCUT2D eigenvalue weighted by Crippen LogP contribution is -2.30. The van der Waals surface area contributed by atoms with Gasteiger partial charge < -0.3 is 14.2 Å². The van der Waals surface area contributed by atoms with E-state index in [-0.39, 0.29) is 37.5 Å². The SMILES string of the molecule is CC/C=C\C/C=C\C/C=C\C/C=C\C/C=C\C/C=C\CCC(=O)OCC(COC(=O)CCCCCCCCC/C=C\C/C=C\C/C=C\C/C=C\C/C=C\CC)OC(=O)CCCCCCCCCCC/C=C\CCCCCCCCCC. The van der Waals surface area contributed by atoms with Crippen molar-refractivity contribution in [2.75, 3.05) is 13.2 Å². The first-order chi connectivity index (χ1) is 40.0. The molecule has 0 bridgehead atoms. The molecule has 1 atom stereocenters. The van der Waals surface area contributed by atoms with Crippen LogP contribution in [0.2, 0.25) is 0 Å². The monoisotopic (exact) mass is 1120 g/mol. The van der Waals surface area contributed by atoms with E-state index in [0.717, 1.165) is 116 Å². The first-order valence-electron chi connectivity index (χ1n) is 33.3. The minimum absolute atomic E-state index is 0.113. The van der Waals surface area contributed by atoms with Gasteiger partial charge in [-0.05, 0) is 128 Å². The van der Waals surface area contributed by atoms with Crippen LogP contribution in [-0.4, -0.2) is 37.2 Å². The molecule has 458 valence electrons. The third kappa shape index (κ3) is 66.0. The average Bonchev–Trinajstić information content (AvgIpc) is 3.47. The highest BCUT2D eigenvalue weighted by molar-refractivity contribution is 5.71. The molecule has 0 N–H and O–H groups in total. The smallest absolute Gasteiger partial charge is 0.306 e. The molecule has 1 unspecified atom stereocenters. The molecule has 0 saturated carbocycles. The minimum Gasteiger partial charge on any atom is -0.462 e. The molecule has 6 heteroatoms. The summed E-state index contributed by atoms with van der Waals surface area (Å²) in [6.45, 7) is 6.35. The lowest BCUT2D eigenvalue weighted by atomic mass is 10.1. The van der Waals surface area contributed by atoms with Crippen molar-refractivity contribution in [1.29, 1.82) is 0 Å². The van der Waals surface area contributed by atoms with Crippen LogP contribution in [-0.2, 0) is 28.6 Å². The summed E-state index contributed by atoms with van der Waals surface area (Å²) < 4.78 is 16.9. The van der Waals surface area contributed by atoms with E-state index in [4.69, 9.17) is 14.2 Å².